The third-order valence-electron chi connectivity index (χ3n) is 4.04. The van der Waals surface area contributed by atoms with Crippen LogP contribution in [-0.4, -0.2) is 59.3 Å². The lowest BCUT2D eigenvalue weighted by Crippen LogP contribution is -2.52. The fourth-order valence-corrected chi connectivity index (χ4v) is 2.53. The number of carbonyl (C=O) groups is 3. The van der Waals surface area contributed by atoms with Gasteiger partial charge < -0.3 is 15.3 Å². The Balaban J connectivity index is 2.24. The minimum Gasteiger partial charge on any atom is -0.388 e. The molecule has 0 bridgehead atoms. The SMILES string of the molecule is CNC(=O)C(C(=O)CO)N(C)C(=O)c1ccc(-c2ccc(C)nc2)cc1. The molecule has 7 nitrogen and oxygen atoms in total. The smallest absolute Gasteiger partial charge is 0.254 e. The second-order valence-electron chi connectivity index (χ2n) is 5.82. The number of carbonyl (C=O) groups excluding carboxylic acids is 3. The lowest BCUT2D eigenvalue weighted by atomic mass is 10.0. The Labute approximate surface area is 151 Å². The molecule has 136 valence electrons. The van der Waals surface area contributed by atoms with Crippen LogP contribution in [0.2, 0.25) is 0 Å². The van der Waals surface area contributed by atoms with Crippen LogP contribution in [-0.2, 0) is 9.59 Å². The van der Waals surface area contributed by atoms with Gasteiger partial charge in [-0.2, -0.15) is 0 Å². The number of likely N-dealkylation sites (N-methyl/N-ethyl adjacent to an activating group) is 2. The summed E-state index contributed by atoms with van der Waals surface area (Å²) in [7, 11) is 2.72. The topological polar surface area (TPSA) is 99.6 Å². The molecule has 0 aliphatic rings. The molecule has 7 heteroatoms. The van der Waals surface area contributed by atoms with Crippen LogP contribution >= 0.6 is 0 Å². The number of nitrogens with one attached hydrogen (secondary N) is 1. The lowest BCUT2D eigenvalue weighted by molar-refractivity contribution is -0.135. The zero-order chi connectivity index (χ0) is 19.3. The number of aromatic nitrogens is 1. The molecule has 0 fully saturated rings. The van der Waals surface area contributed by atoms with E-state index in [-0.39, 0.29) is 0 Å². The van der Waals surface area contributed by atoms with Crippen LogP contribution in [0.1, 0.15) is 16.1 Å². The van der Waals surface area contributed by atoms with Crippen molar-refractivity contribution >= 4 is 17.6 Å². The van der Waals surface area contributed by atoms with Gasteiger partial charge in [0.25, 0.3) is 5.91 Å². The van der Waals surface area contributed by atoms with Gasteiger partial charge in [-0.05, 0) is 30.7 Å². The molecule has 0 saturated carbocycles. The highest BCUT2D eigenvalue weighted by Crippen LogP contribution is 2.20. The summed E-state index contributed by atoms with van der Waals surface area (Å²) >= 11 is 0. The summed E-state index contributed by atoms with van der Waals surface area (Å²) in [6.07, 6.45) is 1.75. The number of amides is 2. The molecule has 1 atom stereocenters. The summed E-state index contributed by atoms with van der Waals surface area (Å²) in [6.45, 7) is 1.08. The molecule has 0 spiro atoms. The van der Waals surface area contributed by atoms with E-state index >= 15 is 0 Å². The van der Waals surface area contributed by atoms with E-state index in [2.05, 4.69) is 10.3 Å². The maximum absolute atomic E-state index is 12.6. The molecular weight excluding hydrogens is 334 g/mol. The molecule has 1 aromatic heterocycles. The normalized spacial score (nSPS) is 11.5. The maximum Gasteiger partial charge on any atom is 0.254 e. The molecule has 1 heterocycles. The third-order valence-corrected chi connectivity index (χ3v) is 4.04. The standard InChI is InChI=1S/C19H21N3O4/c1-12-4-5-15(10-21-12)13-6-8-14(9-7-13)19(26)22(3)17(16(24)11-23)18(25)20-2/h4-10,17,23H,11H2,1-3H3,(H,20,25). The number of aryl methyl sites for hydroxylation is 1. The first-order valence-electron chi connectivity index (χ1n) is 8.04. The van der Waals surface area contributed by atoms with E-state index in [0.717, 1.165) is 21.7 Å². The van der Waals surface area contributed by atoms with Gasteiger partial charge in [0.2, 0.25) is 5.91 Å². The summed E-state index contributed by atoms with van der Waals surface area (Å²) in [5.74, 6) is -1.89. The first-order chi connectivity index (χ1) is 12.4. The summed E-state index contributed by atoms with van der Waals surface area (Å²) in [4.78, 5) is 41.6. The molecule has 2 aromatic rings. The van der Waals surface area contributed by atoms with Gasteiger partial charge in [-0.15, -0.1) is 0 Å². The van der Waals surface area contributed by atoms with Crippen molar-refractivity contribution in [3.05, 3.63) is 53.9 Å². The molecule has 0 aliphatic heterocycles. The van der Waals surface area contributed by atoms with E-state index in [1.807, 2.05) is 19.1 Å². The van der Waals surface area contributed by atoms with Gasteiger partial charge in [-0.3, -0.25) is 19.4 Å². The summed E-state index contributed by atoms with van der Waals surface area (Å²) in [5, 5.41) is 11.4. The number of nitrogens with zero attached hydrogens (tertiary/aromatic N) is 2. The molecule has 1 unspecified atom stereocenters. The third kappa shape index (κ3) is 4.12. The first-order valence-corrected chi connectivity index (χ1v) is 8.04. The van der Waals surface area contributed by atoms with Crippen LogP contribution in [0.15, 0.2) is 42.6 Å². The van der Waals surface area contributed by atoms with Gasteiger partial charge in [-0.1, -0.05) is 18.2 Å². The van der Waals surface area contributed by atoms with Crippen molar-refractivity contribution in [3.8, 4) is 11.1 Å². The van der Waals surface area contributed by atoms with Crippen molar-refractivity contribution in [2.45, 2.75) is 13.0 Å². The Morgan fingerprint density at radius 1 is 1.12 bits per heavy atom. The van der Waals surface area contributed by atoms with E-state index in [1.165, 1.54) is 14.1 Å². The van der Waals surface area contributed by atoms with Gasteiger partial charge in [-0.25, -0.2) is 0 Å². The largest absolute Gasteiger partial charge is 0.388 e. The number of ketones is 1. The van der Waals surface area contributed by atoms with Crippen LogP contribution < -0.4 is 5.32 Å². The second kappa shape index (κ2) is 8.35. The van der Waals surface area contributed by atoms with Gasteiger partial charge in [0.1, 0.15) is 6.61 Å². The van der Waals surface area contributed by atoms with Gasteiger partial charge in [0.15, 0.2) is 11.8 Å². The molecule has 1 aromatic carbocycles. The van der Waals surface area contributed by atoms with Crippen molar-refractivity contribution in [1.82, 2.24) is 15.2 Å². The van der Waals surface area contributed by atoms with Gasteiger partial charge >= 0.3 is 0 Å². The zero-order valence-corrected chi connectivity index (χ0v) is 14.9. The van der Waals surface area contributed by atoms with Crippen molar-refractivity contribution in [1.29, 1.82) is 0 Å². The van der Waals surface area contributed by atoms with E-state index < -0.39 is 30.2 Å². The molecule has 26 heavy (non-hydrogen) atoms. The average Bonchev–Trinajstić information content (AvgIpc) is 2.67. The predicted molar refractivity (Wildman–Crippen MR) is 96.5 cm³/mol. The Morgan fingerprint density at radius 3 is 2.23 bits per heavy atom. The van der Waals surface area contributed by atoms with Crippen molar-refractivity contribution in [2.75, 3.05) is 20.7 Å². The summed E-state index contributed by atoms with van der Waals surface area (Å²) < 4.78 is 0. The molecule has 0 saturated heterocycles. The molecule has 2 N–H and O–H groups in total. The van der Waals surface area contributed by atoms with E-state index in [4.69, 9.17) is 5.11 Å². The Bertz CT molecular complexity index is 785. The van der Waals surface area contributed by atoms with E-state index in [0.29, 0.717) is 5.56 Å². The van der Waals surface area contributed by atoms with Crippen LogP contribution in [0.5, 0.6) is 0 Å². The highest BCUT2D eigenvalue weighted by molar-refractivity contribution is 6.10. The lowest BCUT2D eigenvalue weighted by Gasteiger charge is -2.25. The minimum absolute atomic E-state index is 0.330. The zero-order valence-electron chi connectivity index (χ0n) is 14.9. The highest BCUT2D eigenvalue weighted by atomic mass is 16.3. The second-order valence-corrected chi connectivity index (χ2v) is 5.82. The Morgan fingerprint density at radius 2 is 1.73 bits per heavy atom. The number of rotatable bonds is 6. The van der Waals surface area contributed by atoms with E-state index in [1.54, 1.807) is 30.5 Å². The van der Waals surface area contributed by atoms with Crippen LogP contribution in [0.25, 0.3) is 11.1 Å². The number of aliphatic hydroxyl groups is 1. The maximum atomic E-state index is 12.6. The van der Waals surface area contributed by atoms with E-state index in [9.17, 15) is 14.4 Å². The highest BCUT2D eigenvalue weighted by Gasteiger charge is 2.32. The number of aliphatic hydroxyl groups excluding tert-OH is 1. The molecular formula is C19H21N3O4. The van der Waals surface area contributed by atoms with Crippen LogP contribution in [0, 0.1) is 6.92 Å². The number of pyridine rings is 1. The summed E-state index contributed by atoms with van der Waals surface area (Å²) in [6, 6.07) is 9.26. The number of hydrogen-bond acceptors (Lipinski definition) is 5. The molecule has 0 aliphatic carbocycles. The van der Waals surface area contributed by atoms with Gasteiger partial charge in [0, 0.05) is 37.1 Å². The fourth-order valence-electron chi connectivity index (χ4n) is 2.53. The number of hydrogen-bond donors (Lipinski definition) is 2. The fraction of sp³-hybridized carbons (Fsp3) is 0.263. The van der Waals surface area contributed by atoms with Crippen LogP contribution in [0.3, 0.4) is 0 Å². The summed E-state index contributed by atoms with van der Waals surface area (Å²) in [5.41, 5.74) is 3.06. The van der Waals surface area contributed by atoms with Crippen molar-refractivity contribution in [3.63, 3.8) is 0 Å². The monoisotopic (exact) mass is 355 g/mol. The Hall–Kier alpha value is -3.06. The first kappa shape index (κ1) is 19.3. The van der Waals surface area contributed by atoms with Crippen molar-refractivity contribution in [2.24, 2.45) is 0 Å². The van der Waals surface area contributed by atoms with Gasteiger partial charge in [0.05, 0.1) is 0 Å². The van der Waals surface area contributed by atoms with Crippen molar-refractivity contribution < 1.29 is 19.5 Å². The predicted octanol–water partition coefficient (Wildman–Crippen LogP) is 0.805. The molecule has 2 amide bonds. The number of Topliss-reactive ketones (excluding diaryl/α,β-unsaturated/α-hetero) is 1. The average molecular weight is 355 g/mol. The Kier molecular flexibility index (Phi) is 6.19. The molecule has 2 rings (SSSR count). The van der Waals surface area contributed by atoms with Crippen LogP contribution in [0.4, 0.5) is 0 Å². The number of benzene rings is 1. The quantitative estimate of drug-likeness (QED) is 0.747. The molecule has 0 radical (unpaired) electrons. The minimum atomic E-state index is -1.38.